The van der Waals surface area contributed by atoms with Crippen LogP contribution in [0.3, 0.4) is 0 Å². The summed E-state index contributed by atoms with van der Waals surface area (Å²) in [6, 6.07) is 5.30. The van der Waals surface area contributed by atoms with E-state index in [1.54, 1.807) is 12.1 Å². The standard InChI is InChI=1S/C12H16N2O2/c1-8-3-4-11(12(5-8)14(15)16)13-7-10-6-9(10)2/h3-5,9-10,13H,6-7H2,1-2H3. The van der Waals surface area contributed by atoms with Crippen molar-refractivity contribution in [3.05, 3.63) is 33.9 Å². The maximum absolute atomic E-state index is 10.9. The van der Waals surface area contributed by atoms with Gasteiger partial charge in [0.2, 0.25) is 0 Å². The molecule has 1 aromatic rings. The zero-order valence-corrected chi connectivity index (χ0v) is 9.56. The van der Waals surface area contributed by atoms with E-state index in [1.165, 1.54) is 6.42 Å². The molecule has 1 aromatic carbocycles. The number of benzene rings is 1. The van der Waals surface area contributed by atoms with Crippen LogP contribution in [0, 0.1) is 28.9 Å². The second-order valence-corrected chi connectivity index (χ2v) is 4.63. The molecule has 2 atom stereocenters. The molecule has 4 nitrogen and oxygen atoms in total. The van der Waals surface area contributed by atoms with Crippen molar-refractivity contribution >= 4 is 11.4 Å². The highest BCUT2D eigenvalue weighted by Crippen LogP contribution is 2.38. The van der Waals surface area contributed by atoms with Crippen molar-refractivity contribution in [2.75, 3.05) is 11.9 Å². The van der Waals surface area contributed by atoms with Crippen LogP contribution in [0.1, 0.15) is 18.9 Å². The molecule has 1 N–H and O–H groups in total. The van der Waals surface area contributed by atoms with Crippen LogP contribution in [-0.2, 0) is 0 Å². The predicted octanol–water partition coefficient (Wildman–Crippen LogP) is 2.97. The van der Waals surface area contributed by atoms with Crippen molar-refractivity contribution in [3.63, 3.8) is 0 Å². The minimum Gasteiger partial charge on any atom is -0.379 e. The summed E-state index contributed by atoms with van der Waals surface area (Å²) in [7, 11) is 0. The summed E-state index contributed by atoms with van der Waals surface area (Å²) in [5.74, 6) is 1.44. The van der Waals surface area contributed by atoms with E-state index in [9.17, 15) is 10.1 Å². The van der Waals surface area contributed by atoms with Crippen molar-refractivity contribution in [1.29, 1.82) is 0 Å². The number of hydrogen-bond acceptors (Lipinski definition) is 3. The third kappa shape index (κ3) is 2.32. The molecule has 86 valence electrons. The first-order valence-corrected chi connectivity index (χ1v) is 5.57. The summed E-state index contributed by atoms with van der Waals surface area (Å²) in [5.41, 5.74) is 1.72. The third-order valence-corrected chi connectivity index (χ3v) is 3.18. The SMILES string of the molecule is Cc1ccc(NCC2CC2C)c([N+](=O)[O-])c1. The molecule has 0 heterocycles. The van der Waals surface area contributed by atoms with Crippen LogP contribution in [-0.4, -0.2) is 11.5 Å². The van der Waals surface area contributed by atoms with E-state index in [0.717, 1.165) is 18.0 Å². The zero-order valence-electron chi connectivity index (χ0n) is 9.56. The molecule has 0 amide bonds. The molecule has 0 saturated heterocycles. The van der Waals surface area contributed by atoms with Crippen LogP contribution in [0.2, 0.25) is 0 Å². The van der Waals surface area contributed by atoms with Gasteiger partial charge in [-0.05, 0) is 36.8 Å². The van der Waals surface area contributed by atoms with Crippen molar-refractivity contribution in [1.82, 2.24) is 0 Å². The van der Waals surface area contributed by atoms with Crippen LogP contribution in [0.15, 0.2) is 18.2 Å². The number of nitrogens with one attached hydrogen (secondary N) is 1. The Balaban J connectivity index is 2.09. The normalized spacial score (nSPS) is 22.9. The number of nitrogens with zero attached hydrogens (tertiary/aromatic N) is 1. The van der Waals surface area contributed by atoms with Gasteiger partial charge in [0.1, 0.15) is 5.69 Å². The Morgan fingerprint density at radius 3 is 2.81 bits per heavy atom. The Kier molecular flexibility index (Phi) is 2.81. The number of anilines is 1. The van der Waals surface area contributed by atoms with E-state index >= 15 is 0 Å². The molecule has 0 radical (unpaired) electrons. The zero-order chi connectivity index (χ0) is 11.7. The number of hydrogen-bond donors (Lipinski definition) is 1. The van der Waals surface area contributed by atoms with Crippen molar-refractivity contribution in [2.24, 2.45) is 11.8 Å². The van der Waals surface area contributed by atoms with Gasteiger partial charge in [0.05, 0.1) is 4.92 Å². The van der Waals surface area contributed by atoms with Gasteiger partial charge in [-0.15, -0.1) is 0 Å². The van der Waals surface area contributed by atoms with E-state index in [1.807, 2.05) is 13.0 Å². The summed E-state index contributed by atoms with van der Waals surface area (Å²) in [6.45, 7) is 4.90. The topological polar surface area (TPSA) is 55.2 Å². The summed E-state index contributed by atoms with van der Waals surface area (Å²) in [6.07, 6.45) is 1.23. The summed E-state index contributed by atoms with van der Waals surface area (Å²) < 4.78 is 0. The molecule has 16 heavy (non-hydrogen) atoms. The molecule has 0 aromatic heterocycles. The molecule has 1 aliphatic rings. The first kappa shape index (κ1) is 10.9. The van der Waals surface area contributed by atoms with E-state index in [4.69, 9.17) is 0 Å². The van der Waals surface area contributed by atoms with Crippen LogP contribution in [0.5, 0.6) is 0 Å². The second kappa shape index (κ2) is 4.12. The first-order valence-electron chi connectivity index (χ1n) is 5.57. The molecule has 0 bridgehead atoms. The van der Waals surface area contributed by atoms with Crippen molar-refractivity contribution in [2.45, 2.75) is 20.3 Å². The number of rotatable bonds is 4. The Morgan fingerprint density at radius 2 is 2.25 bits per heavy atom. The lowest BCUT2D eigenvalue weighted by atomic mass is 10.2. The maximum Gasteiger partial charge on any atom is 0.292 e. The van der Waals surface area contributed by atoms with Crippen LogP contribution < -0.4 is 5.32 Å². The predicted molar refractivity (Wildman–Crippen MR) is 63.6 cm³/mol. The summed E-state index contributed by atoms with van der Waals surface area (Å²) >= 11 is 0. The number of aryl methyl sites for hydroxylation is 1. The van der Waals surface area contributed by atoms with Gasteiger partial charge in [0.25, 0.3) is 5.69 Å². The minimum absolute atomic E-state index is 0.174. The first-order chi connectivity index (χ1) is 7.58. The Hall–Kier alpha value is -1.58. The molecule has 4 heteroatoms. The van der Waals surface area contributed by atoms with Crippen LogP contribution in [0.25, 0.3) is 0 Å². The Bertz CT molecular complexity index is 417. The fourth-order valence-corrected chi connectivity index (χ4v) is 1.87. The van der Waals surface area contributed by atoms with Gasteiger partial charge in [-0.25, -0.2) is 0 Å². The van der Waals surface area contributed by atoms with Gasteiger partial charge in [-0.2, -0.15) is 0 Å². The molecular formula is C12H16N2O2. The smallest absolute Gasteiger partial charge is 0.292 e. The van der Waals surface area contributed by atoms with Crippen LogP contribution in [0.4, 0.5) is 11.4 Å². The van der Waals surface area contributed by atoms with Gasteiger partial charge in [-0.3, -0.25) is 10.1 Å². The monoisotopic (exact) mass is 220 g/mol. The highest BCUT2D eigenvalue weighted by molar-refractivity contribution is 5.62. The highest BCUT2D eigenvalue weighted by Gasteiger charge is 2.32. The lowest BCUT2D eigenvalue weighted by Crippen LogP contribution is -2.06. The van der Waals surface area contributed by atoms with Crippen molar-refractivity contribution in [3.8, 4) is 0 Å². The van der Waals surface area contributed by atoms with Gasteiger partial charge < -0.3 is 5.32 Å². The maximum atomic E-state index is 10.9. The molecule has 2 unspecified atom stereocenters. The minimum atomic E-state index is -0.328. The Morgan fingerprint density at radius 1 is 1.56 bits per heavy atom. The third-order valence-electron chi connectivity index (χ3n) is 3.18. The second-order valence-electron chi connectivity index (χ2n) is 4.63. The average Bonchev–Trinajstić information content (AvgIpc) is 2.92. The van der Waals surface area contributed by atoms with Gasteiger partial charge in [0.15, 0.2) is 0 Å². The van der Waals surface area contributed by atoms with Crippen LogP contribution >= 0.6 is 0 Å². The molecule has 2 rings (SSSR count). The fraction of sp³-hybridized carbons (Fsp3) is 0.500. The largest absolute Gasteiger partial charge is 0.379 e. The van der Waals surface area contributed by atoms with E-state index in [2.05, 4.69) is 12.2 Å². The Labute approximate surface area is 94.8 Å². The number of nitro benzene ring substituents is 1. The van der Waals surface area contributed by atoms with Gasteiger partial charge in [0, 0.05) is 12.6 Å². The average molecular weight is 220 g/mol. The van der Waals surface area contributed by atoms with Gasteiger partial charge >= 0.3 is 0 Å². The molecular weight excluding hydrogens is 204 g/mol. The van der Waals surface area contributed by atoms with Gasteiger partial charge in [-0.1, -0.05) is 13.0 Å². The van der Waals surface area contributed by atoms with Crippen molar-refractivity contribution < 1.29 is 4.92 Å². The number of nitro groups is 1. The lowest BCUT2D eigenvalue weighted by molar-refractivity contribution is -0.384. The highest BCUT2D eigenvalue weighted by atomic mass is 16.6. The molecule has 0 spiro atoms. The summed E-state index contributed by atoms with van der Waals surface area (Å²) in [5, 5.41) is 14.0. The molecule has 1 fully saturated rings. The molecule has 0 aliphatic heterocycles. The quantitative estimate of drug-likeness (QED) is 0.627. The molecule has 1 aliphatic carbocycles. The fourth-order valence-electron chi connectivity index (χ4n) is 1.87. The van der Waals surface area contributed by atoms with E-state index < -0.39 is 0 Å². The molecule has 1 saturated carbocycles. The van der Waals surface area contributed by atoms with E-state index in [0.29, 0.717) is 11.6 Å². The summed E-state index contributed by atoms with van der Waals surface area (Å²) in [4.78, 5) is 10.5. The van der Waals surface area contributed by atoms with E-state index in [-0.39, 0.29) is 10.6 Å². The lowest BCUT2D eigenvalue weighted by Gasteiger charge is -2.06.